The van der Waals surface area contributed by atoms with E-state index in [1.807, 2.05) is 12.1 Å². The van der Waals surface area contributed by atoms with Crippen LogP contribution in [0.1, 0.15) is 0 Å². The van der Waals surface area contributed by atoms with Gasteiger partial charge in [0.25, 0.3) is 0 Å². The van der Waals surface area contributed by atoms with Crippen LogP contribution in [0.2, 0.25) is 0 Å². The Morgan fingerprint density at radius 2 is 0.758 bits per heavy atom. The Hall–Kier alpha value is -8.20. The highest BCUT2D eigenvalue weighted by molar-refractivity contribution is 6.12. The van der Waals surface area contributed by atoms with Crippen LogP contribution in [-0.2, 0) is 0 Å². The first-order valence-corrected chi connectivity index (χ1v) is 21.2. The van der Waals surface area contributed by atoms with Crippen molar-refractivity contribution < 1.29 is 4.42 Å². The van der Waals surface area contributed by atoms with Gasteiger partial charge < -0.3 is 9.32 Å². The molecule has 12 aromatic rings. The number of furan rings is 1. The summed E-state index contributed by atoms with van der Waals surface area (Å²) < 4.78 is 6.25. The van der Waals surface area contributed by atoms with Crippen molar-refractivity contribution in [2.45, 2.75) is 0 Å². The highest BCUT2D eigenvalue weighted by Gasteiger charge is 2.17. The van der Waals surface area contributed by atoms with E-state index in [2.05, 4.69) is 229 Å². The lowest BCUT2D eigenvalue weighted by Gasteiger charge is -2.26. The molecule has 1 aromatic heterocycles. The van der Waals surface area contributed by atoms with E-state index in [9.17, 15) is 0 Å². The molecular formula is C60H39NO. The van der Waals surface area contributed by atoms with E-state index < -0.39 is 0 Å². The first kappa shape index (κ1) is 35.7. The van der Waals surface area contributed by atoms with Crippen LogP contribution in [0.5, 0.6) is 0 Å². The number of rotatable bonds is 7. The van der Waals surface area contributed by atoms with E-state index in [4.69, 9.17) is 4.42 Å². The number of fused-ring (bicyclic) bond motifs is 7. The van der Waals surface area contributed by atoms with Crippen LogP contribution >= 0.6 is 0 Å². The van der Waals surface area contributed by atoms with Gasteiger partial charge in [-0.3, -0.25) is 0 Å². The molecule has 0 aliphatic heterocycles. The molecule has 62 heavy (non-hydrogen) atoms. The van der Waals surface area contributed by atoms with Crippen LogP contribution in [0, 0.1) is 0 Å². The maximum Gasteiger partial charge on any atom is 0.136 e. The largest absolute Gasteiger partial charge is 0.456 e. The van der Waals surface area contributed by atoms with Gasteiger partial charge in [-0.2, -0.15) is 0 Å². The van der Waals surface area contributed by atoms with Gasteiger partial charge in [0.05, 0.1) is 0 Å². The fourth-order valence-electron chi connectivity index (χ4n) is 9.38. The third-order valence-corrected chi connectivity index (χ3v) is 12.5. The van der Waals surface area contributed by atoms with Crippen molar-refractivity contribution in [3.05, 3.63) is 237 Å². The fraction of sp³-hybridized carbons (Fsp3) is 0. The Morgan fingerprint density at radius 3 is 1.52 bits per heavy atom. The Morgan fingerprint density at radius 1 is 0.258 bits per heavy atom. The fourth-order valence-corrected chi connectivity index (χ4v) is 9.38. The predicted octanol–water partition coefficient (Wildman–Crippen LogP) is 17.2. The Labute approximate surface area is 360 Å². The molecule has 0 N–H and O–H groups in total. The van der Waals surface area contributed by atoms with E-state index in [0.29, 0.717) is 0 Å². The molecular weight excluding hydrogens is 751 g/mol. The Kier molecular flexibility index (Phi) is 8.53. The first-order chi connectivity index (χ1) is 30.7. The van der Waals surface area contributed by atoms with E-state index >= 15 is 0 Å². The van der Waals surface area contributed by atoms with Gasteiger partial charge in [0.1, 0.15) is 11.2 Å². The number of anilines is 3. The quantitative estimate of drug-likeness (QED) is 0.150. The molecule has 1 heterocycles. The molecule has 0 saturated heterocycles. The van der Waals surface area contributed by atoms with E-state index in [-0.39, 0.29) is 0 Å². The third-order valence-electron chi connectivity index (χ3n) is 12.5. The minimum absolute atomic E-state index is 0.900. The minimum Gasteiger partial charge on any atom is -0.456 e. The van der Waals surface area contributed by atoms with E-state index in [1.165, 1.54) is 65.7 Å². The van der Waals surface area contributed by atoms with Crippen LogP contribution < -0.4 is 4.90 Å². The van der Waals surface area contributed by atoms with Crippen molar-refractivity contribution in [3.8, 4) is 44.5 Å². The third kappa shape index (κ3) is 6.20. The molecule has 0 saturated carbocycles. The lowest BCUT2D eigenvalue weighted by atomic mass is 9.96. The normalized spacial score (nSPS) is 11.5. The molecule has 0 aliphatic carbocycles. The van der Waals surface area contributed by atoms with Crippen LogP contribution in [0.25, 0.3) is 98.8 Å². The molecule has 290 valence electrons. The minimum atomic E-state index is 0.900. The molecule has 0 amide bonds. The topological polar surface area (TPSA) is 16.4 Å². The second kappa shape index (κ2) is 14.8. The van der Waals surface area contributed by atoms with Gasteiger partial charge in [-0.1, -0.05) is 182 Å². The predicted molar refractivity (Wildman–Crippen MR) is 263 cm³/mol. The SMILES string of the molecule is c1cc(-c2cccc3ccccc23)cc(N(c2ccc(-c3ccc(-c4ccc5ccc6ccccc6c5c4)cc3)cc2)c2ccc(-c3cccc4oc5ccccc5c34)cc2)c1. The molecule has 0 radical (unpaired) electrons. The lowest BCUT2D eigenvalue weighted by molar-refractivity contribution is 0.669. The number of para-hydroxylation sites is 1. The van der Waals surface area contributed by atoms with Crippen LogP contribution in [0.3, 0.4) is 0 Å². The number of nitrogens with zero attached hydrogens (tertiary/aromatic N) is 1. The maximum atomic E-state index is 6.25. The van der Waals surface area contributed by atoms with Crippen LogP contribution in [0.4, 0.5) is 17.1 Å². The van der Waals surface area contributed by atoms with Crippen molar-refractivity contribution in [1.29, 1.82) is 0 Å². The van der Waals surface area contributed by atoms with Crippen molar-refractivity contribution in [3.63, 3.8) is 0 Å². The zero-order chi connectivity index (χ0) is 41.0. The number of hydrogen-bond donors (Lipinski definition) is 0. The van der Waals surface area contributed by atoms with E-state index in [1.54, 1.807) is 0 Å². The molecule has 0 fully saturated rings. The molecule has 11 aromatic carbocycles. The summed E-state index contributed by atoms with van der Waals surface area (Å²) in [4.78, 5) is 2.36. The average Bonchev–Trinajstić information content (AvgIpc) is 3.74. The molecule has 2 nitrogen and oxygen atoms in total. The summed E-state index contributed by atoms with van der Waals surface area (Å²) in [6.45, 7) is 0. The van der Waals surface area contributed by atoms with Crippen molar-refractivity contribution in [2.24, 2.45) is 0 Å². The van der Waals surface area contributed by atoms with Gasteiger partial charge in [0.15, 0.2) is 0 Å². The first-order valence-electron chi connectivity index (χ1n) is 21.2. The second-order valence-electron chi connectivity index (χ2n) is 16.1. The summed E-state index contributed by atoms with van der Waals surface area (Å²) in [5.74, 6) is 0. The second-order valence-corrected chi connectivity index (χ2v) is 16.1. The molecule has 0 bridgehead atoms. The van der Waals surface area contributed by atoms with Gasteiger partial charge in [-0.05, 0) is 131 Å². The zero-order valence-electron chi connectivity index (χ0n) is 33.9. The maximum absolute atomic E-state index is 6.25. The summed E-state index contributed by atoms with van der Waals surface area (Å²) in [5.41, 5.74) is 14.5. The summed E-state index contributed by atoms with van der Waals surface area (Å²) in [6.07, 6.45) is 0. The van der Waals surface area contributed by atoms with E-state index in [0.717, 1.165) is 50.1 Å². The lowest BCUT2D eigenvalue weighted by Crippen LogP contribution is -2.10. The number of hydrogen-bond acceptors (Lipinski definition) is 2. The molecule has 2 heteroatoms. The van der Waals surface area contributed by atoms with Crippen molar-refractivity contribution >= 4 is 71.3 Å². The highest BCUT2D eigenvalue weighted by Crippen LogP contribution is 2.42. The summed E-state index contributed by atoms with van der Waals surface area (Å²) >= 11 is 0. The summed E-state index contributed by atoms with van der Waals surface area (Å²) in [7, 11) is 0. The molecule has 0 spiro atoms. The highest BCUT2D eigenvalue weighted by atomic mass is 16.3. The average molecular weight is 790 g/mol. The summed E-state index contributed by atoms with van der Waals surface area (Å²) in [5, 5.41) is 9.85. The van der Waals surface area contributed by atoms with Gasteiger partial charge in [-0.15, -0.1) is 0 Å². The van der Waals surface area contributed by atoms with Crippen molar-refractivity contribution in [2.75, 3.05) is 4.90 Å². The monoisotopic (exact) mass is 789 g/mol. The van der Waals surface area contributed by atoms with Crippen LogP contribution in [-0.4, -0.2) is 0 Å². The molecule has 0 unspecified atom stereocenters. The zero-order valence-corrected chi connectivity index (χ0v) is 33.9. The summed E-state index contributed by atoms with van der Waals surface area (Å²) in [6, 6.07) is 85.5. The molecule has 0 aliphatic rings. The smallest absolute Gasteiger partial charge is 0.136 e. The molecule has 0 atom stereocenters. The number of benzene rings is 11. The van der Waals surface area contributed by atoms with Crippen molar-refractivity contribution in [1.82, 2.24) is 0 Å². The van der Waals surface area contributed by atoms with Gasteiger partial charge >= 0.3 is 0 Å². The Balaban J connectivity index is 0.914. The van der Waals surface area contributed by atoms with Gasteiger partial charge in [0.2, 0.25) is 0 Å². The van der Waals surface area contributed by atoms with Crippen LogP contribution in [0.15, 0.2) is 241 Å². The Bertz CT molecular complexity index is 3610. The molecule has 12 rings (SSSR count). The van der Waals surface area contributed by atoms with Gasteiger partial charge in [0, 0.05) is 27.8 Å². The standard InChI is InChI=1S/C60H39NO/c1-3-15-52-43(10-1)12-8-18-54(52)48-13-7-14-51(38-48)61(50-36-32-45(33-37-50)55-19-9-21-59-60(55)56-17-5-6-20-58(56)62-59)49-34-30-41(31-35-49)40-22-24-42(25-23-40)47-29-28-46-27-26-44-11-2-4-16-53(44)57(46)39-47/h1-39H. The van der Waals surface area contributed by atoms with Gasteiger partial charge in [-0.25, -0.2) is 0 Å².